The number of nitro groups is 1. The summed E-state index contributed by atoms with van der Waals surface area (Å²) in [6.07, 6.45) is -2.21. The Labute approximate surface area is 111 Å². The Morgan fingerprint density at radius 1 is 1.47 bits per heavy atom. The summed E-state index contributed by atoms with van der Waals surface area (Å²) in [7, 11) is 3.07. The first-order valence-corrected chi connectivity index (χ1v) is 5.85. The van der Waals surface area contributed by atoms with Crippen LogP contribution in [0.3, 0.4) is 0 Å². The van der Waals surface area contributed by atoms with E-state index in [1.54, 1.807) is 7.05 Å². The summed E-state index contributed by atoms with van der Waals surface area (Å²) >= 11 is 0. The smallest absolute Gasteiger partial charge is 0.279 e. The average Bonchev–Trinajstić information content (AvgIpc) is 2.42. The van der Waals surface area contributed by atoms with Crippen LogP contribution in [-0.2, 0) is 0 Å². The second-order valence-electron chi connectivity index (χ2n) is 4.05. The molecule has 106 valence electrons. The molecule has 0 saturated heterocycles. The number of aliphatic hydroxyl groups is 2. The van der Waals surface area contributed by atoms with Crippen molar-refractivity contribution >= 4 is 5.69 Å². The lowest BCUT2D eigenvalue weighted by Gasteiger charge is -2.20. The van der Waals surface area contributed by atoms with Crippen molar-refractivity contribution < 1.29 is 19.9 Å². The van der Waals surface area contributed by atoms with Crippen molar-refractivity contribution in [2.75, 3.05) is 20.7 Å². The number of hydrogen-bond donors (Lipinski definition) is 3. The van der Waals surface area contributed by atoms with Gasteiger partial charge in [0.05, 0.1) is 18.1 Å². The number of aliphatic hydroxyl groups excluding tert-OH is 2. The Morgan fingerprint density at radius 3 is 2.68 bits per heavy atom. The van der Waals surface area contributed by atoms with E-state index >= 15 is 0 Å². The van der Waals surface area contributed by atoms with E-state index in [4.69, 9.17) is 4.74 Å². The number of rotatable bonds is 7. The Bertz CT molecular complexity index is 438. The first kappa shape index (κ1) is 15.4. The van der Waals surface area contributed by atoms with E-state index in [0.717, 1.165) is 0 Å². The number of nitrogens with zero attached hydrogens (tertiary/aromatic N) is 1. The van der Waals surface area contributed by atoms with Gasteiger partial charge in [0, 0.05) is 6.07 Å². The van der Waals surface area contributed by atoms with Gasteiger partial charge in [0.15, 0.2) is 0 Å². The number of nitrogens with one attached hydrogen (secondary N) is 1. The third-order valence-electron chi connectivity index (χ3n) is 2.81. The van der Waals surface area contributed by atoms with Crippen molar-refractivity contribution in [1.29, 1.82) is 0 Å². The van der Waals surface area contributed by atoms with Crippen LogP contribution in [0.2, 0.25) is 0 Å². The van der Waals surface area contributed by atoms with Crippen molar-refractivity contribution in [3.8, 4) is 5.75 Å². The molecule has 0 fully saturated rings. The van der Waals surface area contributed by atoms with Crippen molar-refractivity contribution in [1.82, 2.24) is 5.32 Å². The Balaban J connectivity index is 3.11. The van der Waals surface area contributed by atoms with Gasteiger partial charge in [-0.25, -0.2) is 0 Å². The van der Waals surface area contributed by atoms with Gasteiger partial charge in [0.1, 0.15) is 17.4 Å². The SMILES string of the molecule is CNCCC(O)C(O)c1c(OC)cccc1[N+](=O)[O-]. The largest absolute Gasteiger partial charge is 0.496 e. The quantitative estimate of drug-likeness (QED) is 0.495. The average molecular weight is 270 g/mol. The fourth-order valence-corrected chi connectivity index (χ4v) is 1.81. The molecule has 0 aliphatic heterocycles. The van der Waals surface area contributed by atoms with Crippen molar-refractivity contribution in [3.63, 3.8) is 0 Å². The number of hydrogen-bond acceptors (Lipinski definition) is 6. The van der Waals surface area contributed by atoms with Gasteiger partial charge in [0.25, 0.3) is 5.69 Å². The molecule has 1 rings (SSSR count). The highest BCUT2D eigenvalue weighted by molar-refractivity contribution is 5.51. The summed E-state index contributed by atoms with van der Waals surface area (Å²) in [5, 5.41) is 33.8. The Morgan fingerprint density at radius 2 is 2.16 bits per heavy atom. The molecule has 0 aromatic heterocycles. The highest BCUT2D eigenvalue weighted by Crippen LogP contribution is 2.35. The molecule has 0 radical (unpaired) electrons. The monoisotopic (exact) mass is 270 g/mol. The van der Waals surface area contributed by atoms with Gasteiger partial charge in [-0.05, 0) is 26.1 Å². The highest BCUT2D eigenvalue weighted by atomic mass is 16.6. The maximum atomic E-state index is 11.0. The standard InChI is InChI=1S/C12H18N2O5/c1-13-7-6-9(15)12(16)11-8(14(17)18)4-3-5-10(11)19-2/h3-5,9,12-13,15-16H,6-7H2,1-2H3. The number of methoxy groups -OCH3 is 1. The van der Waals surface area contributed by atoms with Crippen LogP contribution in [0.15, 0.2) is 18.2 Å². The molecule has 0 aliphatic rings. The van der Waals surface area contributed by atoms with E-state index in [0.29, 0.717) is 6.54 Å². The summed E-state index contributed by atoms with van der Waals surface area (Å²) in [5.41, 5.74) is -0.269. The minimum absolute atomic E-state index is 0.00129. The number of nitro benzene ring substituents is 1. The van der Waals surface area contributed by atoms with Crippen molar-refractivity contribution in [3.05, 3.63) is 33.9 Å². The number of benzene rings is 1. The van der Waals surface area contributed by atoms with Crippen molar-refractivity contribution in [2.24, 2.45) is 0 Å². The minimum Gasteiger partial charge on any atom is -0.496 e. The van der Waals surface area contributed by atoms with Crippen molar-refractivity contribution in [2.45, 2.75) is 18.6 Å². The lowest BCUT2D eigenvalue weighted by Crippen LogP contribution is -2.24. The molecule has 7 heteroatoms. The van der Waals surface area contributed by atoms with Gasteiger partial charge in [0.2, 0.25) is 0 Å². The minimum atomic E-state index is -1.37. The molecule has 0 aliphatic carbocycles. The molecule has 2 unspecified atom stereocenters. The van der Waals surface area contributed by atoms with Crippen LogP contribution in [0.5, 0.6) is 5.75 Å². The molecule has 0 heterocycles. The Hall–Kier alpha value is -1.70. The first-order chi connectivity index (χ1) is 9.02. The summed E-state index contributed by atoms with van der Waals surface area (Å²) in [6.45, 7) is 0.487. The lowest BCUT2D eigenvalue weighted by molar-refractivity contribution is -0.386. The topological polar surface area (TPSA) is 105 Å². The van der Waals surface area contributed by atoms with Crippen LogP contribution in [0.25, 0.3) is 0 Å². The van der Waals surface area contributed by atoms with Gasteiger partial charge >= 0.3 is 0 Å². The molecule has 0 amide bonds. The lowest BCUT2D eigenvalue weighted by atomic mass is 9.99. The molecular formula is C12H18N2O5. The number of ether oxygens (including phenoxy) is 1. The van der Waals surface area contributed by atoms with Gasteiger partial charge in [-0.15, -0.1) is 0 Å². The van der Waals surface area contributed by atoms with Crippen LogP contribution in [0, 0.1) is 10.1 Å². The zero-order valence-electron chi connectivity index (χ0n) is 10.9. The van der Waals surface area contributed by atoms with E-state index < -0.39 is 17.1 Å². The molecule has 3 N–H and O–H groups in total. The molecule has 0 spiro atoms. The van der Waals surface area contributed by atoms with Gasteiger partial charge in [-0.3, -0.25) is 10.1 Å². The normalized spacial score (nSPS) is 13.9. The molecule has 19 heavy (non-hydrogen) atoms. The maximum absolute atomic E-state index is 11.0. The Kier molecular flexibility index (Phi) is 5.68. The van der Waals surface area contributed by atoms with E-state index in [9.17, 15) is 20.3 Å². The zero-order chi connectivity index (χ0) is 14.4. The van der Waals surface area contributed by atoms with Crippen LogP contribution >= 0.6 is 0 Å². The van der Waals surface area contributed by atoms with Gasteiger partial charge < -0.3 is 20.3 Å². The van der Waals surface area contributed by atoms with E-state index in [-0.39, 0.29) is 23.4 Å². The predicted molar refractivity (Wildman–Crippen MR) is 69.2 cm³/mol. The summed E-state index contributed by atoms with van der Waals surface area (Å²) in [5.74, 6) is 0.185. The maximum Gasteiger partial charge on any atom is 0.279 e. The van der Waals surface area contributed by atoms with E-state index in [1.807, 2.05) is 0 Å². The fraction of sp³-hybridized carbons (Fsp3) is 0.500. The summed E-state index contributed by atoms with van der Waals surface area (Å²) in [4.78, 5) is 10.4. The van der Waals surface area contributed by atoms with Crippen LogP contribution < -0.4 is 10.1 Å². The third kappa shape index (κ3) is 3.63. The van der Waals surface area contributed by atoms with E-state index in [2.05, 4.69) is 5.32 Å². The third-order valence-corrected chi connectivity index (χ3v) is 2.81. The van der Waals surface area contributed by atoms with Crippen LogP contribution in [0.4, 0.5) is 5.69 Å². The first-order valence-electron chi connectivity index (χ1n) is 5.85. The zero-order valence-corrected chi connectivity index (χ0v) is 10.9. The second-order valence-corrected chi connectivity index (χ2v) is 4.05. The molecule has 0 saturated carbocycles. The van der Waals surface area contributed by atoms with Crippen LogP contribution in [-0.4, -0.2) is 41.9 Å². The molecule has 1 aromatic rings. The molecule has 0 bridgehead atoms. The predicted octanol–water partition coefficient (Wildman–Crippen LogP) is 0.607. The highest BCUT2D eigenvalue weighted by Gasteiger charge is 2.29. The summed E-state index contributed by atoms with van der Waals surface area (Å²) in [6, 6.07) is 4.25. The van der Waals surface area contributed by atoms with Gasteiger partial charge in [-0.2, -0.15) is 0 Å². The van der Waals surface area contributed by atoms with Gasteiger partial charge in [-0.1, -0.05) is 6.07 Å². The fourth-order valence-electron chi connectivity index (χ4n) is 1.81. The molecular weight excluding hydrogens is 252 g/mol. The summed E-state index contributed by atoms with van der Waals surface area (Å²) < 4.78 is 5.02. The molecule has 1 aromatic carbocycles. The molecule has 2 atom stereocenters. The second kappa shape index (κ2) is 7.03. The van der Waals surface area contributed by atoms with E-state index in [1.165, 1.54) is 25.3 Å². The molecule has 7 nitrogen and oxygen atoms in total. The van der Waals surface area contributed by atoms with Crippen LogP contribution in [0.1, 0.15) is 18.1 Å².